The Morgan fingerprint density at radius 3 is 2.50 bits per heavy atom. The van der Waals surface area contributed by atoms with Crippen molar-refractivity contribution in [3.8, 4) is 17.2 Å². The van der Waals surface area contributed by atoms with Crippen molar-refractivity contribution in [2.75, 3.05) is 22.5 Å². The lowest BCUT2D eigenvalue weighted by atomic mass is 9.52. The summed E-state index contributed by atoms with van der Waals surface area (Å²) in [6.07, 6.45) is 0.773. The lowest BCUT2D eigenvalue weighted by molar-refractivity contribution is -0.166. The topological polar surface area (TPSA) is 130 Å². The molecule has 4 aliphatic rings. The van der Waals surface area contributed by atoms with Gasteiger partial charge in [-0.15, -0.1) is 11.3 Å². The fraction of sp³-hybridized carbons (Fsp3) is 0.486. The number of ether oxygens (including phenoxy) is 3. The van der Waals surface area contributed by atoms with Crippen LogP contribution in [0, 0.1) is 17.1 Å². The summed E-state index contributed by atoms with van der Waals surface area (Å²) < 4.78 is 33.0. The number of piperidine rings is 1. The lowest BCUT2D eigenvalue weighted by Gasteiger charge is -2.80. The molecule has 2 amide bonds. The van der Waals surface area contributed by atoms with E-state index in [2.05, 4.69) is 16.3 Å². The van der Waals surface area contributed by atoms with Gasteiger partial charge in [0.25, 0.3) is 0 Å². The van der Waals surface area contributed by atoms with E-state index in [1.807, 2.05) is 32.6 Å². The van der Waals surface area contributed by atoms with E-state index < -0.39 is 23.1 Å². The van der Waals surface area contributed by atoms with Gasteiger partial charge < -0.3 is 19.1 Å². The number of piperazine rings is 1. The summed E-state index contributed by atoms with van der Waals surface area (Å²) in [5.41, 5.74) is 1.84. The zero-order chi connectivity index (χ0) is 37.1. The van der Waals surface area contributed by atoms with Crippen molar-refractivity contribution in [2.24, 2.45) is 0 Å². The summed E-state index contributed by atoms with van der Waals surface area (Å²) >= 11 is 9.92. The largest absolute Gasteiger partial charge is 0.444 e. The highest BCUT2D eigenvalue weighted by Gasteiger charge is 2.77. The molecule has 1 aliphatic carbocycles. The number of thioether (sulfide) groups is 1. The number of amides is 2. The molecule has 3 unspecified atom stereocenters. The average molecular weight is 765 g/mol. The van der Waals surface area contributed by atoms with Gasteiger partial charge in [0.1, 0.15) is 33.9 Å². The number of carbonyl (C=O) groups excluding carboxylic acids is 2. The van der Waals surface area contributed by atoms with Crippen molar-refractivity contribution in [1.29, 1.82) is 5.26 Å². The molecule has 3 fully saturated rings. The maximum absolute atomic E-state index is 15.5. The van der Waals surface area contributed by atoms with E-state index >= 15 is 4.39 Å². The van der Waals surface area contributed by atoms with Gasteiger partial charge in [-0.1, -0.05) is 36.4 Å². The molecule has 1 saturated carbocycles. The Bertz CT molecular complexity index is 2250. The predicted molar refractivity (Wildman–Crippen MR) is 200 cm³/mol. The van der Waals surface area contributed by atoms with Crippen LogP contribution in [0.4, 0.5) is 24.8 Å². The van der Waals surface area contributed by atoms with E-state index in [4.69, 9.17) is 35.8 Å². The predicted octanol–water partition coefficient (Wildman–Crippen LogP) is 9.01. The van der Waals surface area contributed by atoms with Crippen LogP contribution in [0.5, 0.6) is 0 Å². The number of hydrogen-bond donors (Lipinski definition) is 1. The second-order valence-electron chi connectivity index (χ2n) is 15.5. The molecule has 2 saturated heterocycles. The Balaban J connectivity index is 1.28. The number of benzene rings is 2. The number of aromatic nitrogens is 2. The second kappa shape index (κ2) is 12.1. The molecule has 2 aromatic heterocycles. The van der Waals surface area contributed by atoms with Gasteiger partial charge in [-0.25, -0.2) is 23.9 Å². The number of anilines is 2. The van der Waals surface area contributed by atoms with Crippen molar-refractivity contribution in [3.05, 3.63) is 39.7 Å². The number of halogens is 2. The van der Waals surface area contributed by atoms with Crippen molar-refractivity contribution in [3.63, 3.8) is 0 Å². The third kappa shape index (κ3) is 5.21. The molecule has 272 valence electrons. The first-order valence-corrected chi connectivity index (χ1v) is 19.5. The minimum atomic E-state index is -0.773. The summed E-state index contributed by atoms with van der Waals surface area (Å²) in [6, 6.07) is 5.31. The molecular formula is C37H38ClFN6O5S2. The Kier molecular flexibility index (Phi) is 8.15. The summed E-state index contributed by atoms with van der Waals surface area (Å²) in [5.74, 6) is 0.974. The van der Waals surface area contributed by atoms with E-state index in [0.717, 1.165) is 52.3 Å². The minimum Gasteiger partial charge on any atom is -0.444 e. The number of likely N-dealkylation sites (tertiary alicyclic amines) is 1. The zero-order valence-electron chi connectivity index (χ0n) is 29.9. The van der Waals surface area contributed by atoms with Crippen LogP contribution >= 0.6 is 34.7 Å². The van der Waals surface area contributed by atoms with E-state index in [-0.39, 0.29) is 52.2 Å². The van der Waals surface area contributed by atoms with Crippen LogP contribution in [0.15, 0.2) is 17.3 Å². The number of fused-ring (bicyclic) bond motifs is 4. The van der Waals surface area contributed by atoms with E-state index in [0.29, 0.717) is 38.8 Å². The van der Waals surface area contributed by atoms with E-state index in [1.54, 1.807) is 26.8 Å². The fourth-order valence-electron chi connectivity index (χ4n) is 8.17. The third-order valence-corrected chi connectivity index (χ3v) is 12.4. The summed E-state index contributed by atoms with van der Waals surface area (Å²) in [4.78, 5) is 40.3. The highest BCUT2D eigenvalue weighted by molar-refractivity contribution is 7.99. The second-order valence-corrected chi connectivity index (χ2v) is 18.2. The molecule has 5 heterocycles. The van der Waals surface area contributed by atoms with E-state index in [9.17, 15) is 14.9 Å². The molecule has 1 spiro atoms. The Labute approximate surface area is 313 Å². The summed E-state index contributed by atoms with van der Waals surface area (Å²) in [6.45, 7) is 13.9. The highest BCUT2D eigenvalue weighted by atomic mass is 35.5. The first-order valence-electron chi connectivity index (χ1n) is 17.3. The third-order valence-electron chi connectivity index (χ3n) is 10.2. The number of rotatable bonds is 5. The van der Waals surface area contributed by atoms with Crippen LogP contribution in [0.25, 0.3) is 32.1 Å². The molecule has 52 heavy (non-hydrogen) atoms. The Morgan fingerprint density at radius 2 is 1.87 bits per heavy atom. The SMILES string of the molecule is CCSc1nc(N2C3CCC34C2CN4C(=O)OC(C)(C)C)c2c3c(c(-c4ccc(F)c5sc(NC(=O)OC(C)(C)C)c(C#N)c45)c(Cl)c2n1)COC3. The smallest absolute Gasteiger partial charge is 0.412 e. The summed E-state index contributed by atoms with van der Waals surface area (Å²) in [5, 5.41) is 15.3. The maximum atomic E-state index is 15.5. The lowest BCUT2D eigenvalue weighted by Crippen LogP contribution is -2.97. The van der Waals surface area contributed by atoms with Crippen molar-refractivity contribution < 1.29 is 28.2 Å². The van der Waals surface area contributed by atoms with Crippen molar-refractivity contribution >= 4 is 78.7 Å². The van der Waals surface area contributed by atoms with Crippen LogP contribution in [0.3, 0.4) is 0 Å². The first kappa shape index (κ1) is 35.1. The number of nitriles is 1. The van der Waals surface area contributed by atoms with Crippen LogP contribution in [-0.4, -0.2) is 68.2 Å². The monoisotopic (exact) mass is 764 g/mol. The zero-order valence-corrected chi connectivity index (χ0v) is 32.3. The maximum Gasteiger partial charge on any atom is 0.412 e. The van der Waals surface area contributed by atoms with Crippen LogP contribution in [0.2, 0.25) is 5.02 Å². The van der Waals surface area contributed by atoms with Gasteiger partial charge in [-0.05, 0) is 82.9 Å². The fourth-order valence-corrected chi connectivity index (χ4v) is 10.2. The highest BCUT2D eigenvalue weighted by Crippen LogP contribution is 2.63. The van der Waals surface area contributed by atoms with Gasteiger partial charge in [0.2, 0.25) is 0 Å². The minimum absolute atomic E-state index is 0.0735. The normalized spacial score (nSPS) is 21.8. The Hall–Kier alpha value is -3.90. The number of hydrogen-bond acceptors (Lipinski definition) is 11. The van der Waals surface area contributed by atoms with Gasteiger partial charge >= 0.3 is 12.2 Å². The molecule has 2 aromatic carbocycles. The number of nitrogens with zero attached hydrogens (tertiary/aromatic N) is 5. The molecule has 15 heteroatoms. The van der Waals surface area contributed by atoms with Gasteiger partial charge in [-0.2, -0.15) is 5.26 Å². The molecule has 0 radical (unpaired) electrons. The van der Waals surface area contributed by atoms with Gasteiger partial charge in [0.15, 0.2) is 5.16 Å². The van der Waals surface area contributed by atoms with Gasteiger partial charge in [-0.3, -0.25) is 10.2 Å². The number of thiophene rings is 1. The molecule has 11 nitrogen and oxygen atoms in total. The number of carbonyl (C=O) groups is 2. The Morgan fingerprint density at radius 1 is 1.13 bits per heavy atom. The molecule has 8 rings (SSSR count). The summed E-state index contributed by atoms with van der Waals surface area (Å²) in [7, 11) is 0. The van der Waals surface area contributed by atoms with E-state index in [1.165, 1.54) is 17.8 Å². The molecule has 3 aliphatic heterocycles. The van der Waals surface area contributed by atoms with Gasteiger partial charge in [0.05, 0.1) is 57.0 Å². The molecule has 3 atom stereocenters. The quantitative estimate of drug-likeness (QED) is 0.155. The molecule has 4 aromatic rings. The standard InChI is InChI=1S/C37H38ClFN6O5S2/c1-8-51-32-41-28-26(30(42-32)45-22-11-12-37(22)23(45)14-44(37)34(47)50-36(5,6)7)20-16-48-15-19(20)24(27(28)38)17-9-10-21(39)29-25(17)18(13-40)31(52-29)43-33(46)49-35(2,3)4/h9-10,22-23H,8,11-12,14-16H2,1-7H3,(H,43,46). The van der Waals surface area contributed by atoms with Crippen LogP contribution < -0.4 is 10.2 Å². The van der Waals surface area contributed by atoms with Crippen LogP contribution in [0.1, 0.15) is 78.0 Å². The van der Waals surface area contributed by atoms with Crippen molar-refractivity contribution in [2.45, 2.75) is 109 Å². The van der Waals surface area contributed by atoms with Crippen molar-refractivity contribution in [1.82, 2.24) is 14.9 Å². The number of nitrogens with one attached hydrogen (secondary N) is 1. The van der Waals surface area contributed by atoms with Crippen LogP contribution in [-0.2, 0) is 27.4 Å². The average Bonchev–Trinajstić information content (AvgIpc) is 3.64. The van der Waals surface area contributed by atoms with Gasteiger partial charge in [0, 0.05) is 17.5 Å². The molecular weight excluding hydrogens is 727 g/mol. The molecule has 1 N–H and O–H groups in total. The molecule has 0 bridgehead atoms. The first-order chi connectivity index (χ1) is 24.6.